The van der Waals surface area contributed by atoms with Crippen molar-refractivity contribution in [2.24, 2.45) is 5.92 Å². The molecule has 3 aliphatic rings. The average molecular weight is 663 g/mol. The van der Waals surface area contributed by atoms with Gasteiger partial charge in [0.25, 0.3) is 5.91 Å². The number of aliphatic carboxylic acids is 1. The van der Waals surface area contributed by atoms with Crippen molar-refractivity contribution in [2.75, 3.05) is 10.8 Å². The fourth-order valence-corrected chi connectivity index (χ4v) is 8.05. The van der Waals surface area contributed by atoms with E-state index in [1.54, 1.807) is 53.4 Å². The van der Waals surface area contributed by atoms with Crippen molar-refractivity contribution in [3.8, 4) is 0 Å². The van der Waals surface area contributed by atoms with Crippen LogP contribution in [-0.4, -0.2) is 59.2 Å². The van der Waals surface area contributed by atoms with Crippen LogP contribution in [0, 0.1) is 11.7 Å². The number of carbonyl (C=O) groups is 2. The Bertz CT molecular complexity index is 1670. The number of carboxylic acids is 1. The standard InChI is InChI=1S/C31H30Cl2FN3O6S/c32-21-10-8-19(9-11-21)28-29(20-3-1-4-22(33)15-20)43-26(16-27(38)39)31(40)37(28)25(18-6-7-18)17-36(44(41,42)23-12-13-23)30-24(34)5-2-14-35-30/h1-5,8-11,14-15,18,23,25-26,28-29H,6-7,12-13,16-17H2,(H,38,39)/t25?,26-,28?,29+/m0/s1. The van der Waals surface area contributed by atoms with Crippen LogP contribution >= 0.6 is 23.2 Å². The van der Waals surface area contributed by atoms with Crippen molar-refractivity contribution >= 4 is 50.9 Å². The lowest BCUT2D eigenvalue weighted by molar-refractivity contribution is -0.183. The first-order valence-corrected chi connectivity index (χ1v) is 16.6. The van der Waals surface area contributed by atoms with Gasteiger partial charge in [-0.2, -0.15) is 0 Å². The molecular formula is C31H30Cl2FN3O6S. The SMILES string of the molecule is O=C(O)C[C@@H]1O[C@H](c2cccc(Cl)c2)C(c2ccc(Cl)cc2)N(C(CN(c2ncccc2F)S(=O)(=O)C2CC2)C2CC2)C1=O. The number of sulfonamides is 1. The predicted molar refractivity (Wildman–Crippen MR) is 162 cm³/mol. The average Bonchev–Trinajstić information content (AvgIpc) is 3.89. The van der Waals surface area contributed by atoms with Gasteiger partial charge in [0.2, 0.25) is 10.0 Å². The van der Waals surface area contributed by atoms with Gasteiger partial charge in [0.1, 0.15) is 12.2 Å². The number of hydrogen-bond donors (Lipinski definition) is 1. The number of anilines is 1. The van der Waals surface area contributed by atoms with E-state index in [0.29, 0.717) is 46.9 Å². The number of pyridine rings is 1. The Morgan fingerprint density at radius 2 is 1.77 bits per heavy atom. The van der Waals surface area contributed by atoms with Gasteiger partial charge in [0.05, 0.1) is 30.3 Å². The summed E-state index contributed by atoms with van der Waals surface area (Å²) in [6.45, 7) is -0.255. The van der Waals surface area contributed by atoms with E-state index in [4.69, 9.17) is 27.9 Å². The number of benzene rings is 2. The predicted octanol–water partition coefficient (Wildman–Crippen LogP) is 5.79. The summed E-state index contributed by atoms with van der Waals surface area (Å²) >= 11 is 12.6. The number of amides is 1. The summed E-state index contributed by atoms with van der Waals surface area (Å²) in [5, 5.41) is 9.94. The van der Waals surface area contributed by atoms with Crippen LogP contribution in [0.4, 0.5) is 10.2 Å². The van der Waals surface area contributed by atoms with Gasteiger partial charge < -0.3 is 14.7 Å². The molecule has 0 radical (unpaired) electrons. The van der Waals surface area contributed by atoms with E-state index < -0.39 is 63.7 Å². The van der Waals surface area contributed by atoms with Gasteiger partial charge in [0, 0.05) is 16.2 Å². The minimum absolute atomic E-state index is 0.124. The van der Waals surface area contributed by atoms with E-state index in [1.807, 2.05) is 0 Å². The molecule has 3 fully saturated rings. The zero-order valence-corrected chi connectivity index (χ0v) is 25.8. The number of ether oxygens (including phenoxy) is 1. The number of hydrogen-bond acceptors (Lipinski definition) is 6. The Morgan fingerprint density at radius 3 is 2.39 bits per heavy atom. The second-order valence-electron chi connectivity index (χ2n) is 11.4. The molecule has 0 bridgehead atoms. The highest BCUT2D eigenvalue weighted by molar-refractivity contribution is 7.93. The summed E-state index contributed by atoms with van der Waals surface area (Å²) in [6, 6.07) is 14.7. The quantitative estimate of drug-likeness (QED) is 0.276. The lowest BCUT2D eigenvalue weighted by Crippen LogP contribution is -2.59. The van der Waals surface area contributed by atoms with Crippen molar-refractivity contribution in [1.29, 1.82) is 0 Å². The van der Waals surface area contributed by atoms with Crippen LogP contribution in [0.15, 0.2) is 66.9 Å². The Morgan fingerprint density at radius 1 is 1.05 bits per heavy atom. The van der Waals surface area contributed by atoms with Crippen LogP contribution in [0.2, 0.25) is 10.0 Å². The highest BCUT2D eigenvalue weighted by Crippen LogP contribution is 2.49. The third kappa shape index (κ3) is 6.28. The second kappa shape index (κ2) is 12.3. The molecule has 4 atom stereocenters. The fourth-order valence-electron chi connectivity index (χ4n) is 5.89. The molecule has 2 unspecified atom stereocenters. The maximum atomic E-state index is 15.2. The summed E-state index contributed by atoms with van der Waals surface area (Å²) in [5.74, 6) is -3.07. The first kappa shape index (κ1) is 30.8. The maximum Gasteiger partial charge on any atom is 0.306 e. The van der Waals surface area contributed by atoms with Crippen molar-refractivity contribution in [3.05, 3.63) is 93.8 Å². The number of carboxylic acid groups (broad SMARTS) is 1. The van der Waals surface area contributed by atoms with Crippen LogP contribution in [0.3, 0.4) is 0 Å². The van der Waals surface area contributed by atoms with Crippen LogP contribution < -0.4 is 4.31 Å². The molecule has 2 aromatic carbocycles. The first-order valence-electron chi connectivity index (χ1n) is 14.4. The highest BCUT2D eigenvalue weighted by Gasteiger charge is 2.52. The molecule has 232 valence electrons. The number of morpholine rings is 1. The third-order valence-electron chi connectivity index (χ3n) is 8.28. The largest absolute Gasteiger partial charge is 0.481 e. The number of halogens is 3. The molecule has 1 saturated heterocycles. The number of carbonyl (C=O) groups excluding carboxylic acids is 1. The van der Waals surface area contributed by atoms with E-state index in [-0.39, 0.29) is 18.3 Å². The van der Waals surface area contributed by atoms with E-state index in [0.717, 1.165) is 10.4 Å². The molecule has 9 nitrogen and oxygen atoms in total. The van der Waals surface area contributed by atoms with Gasteiger partial charge >= 0.3 is 5.97 Å². The molecule has 2 heterocycles. The van der Waals surface area contributed by atoms with Crippen LogP contribution in [0.1, 0.15) is 55.4 Å². The van der Waals surface area contributed by atoms with Crippen molar-refractivity contribution in [1.82, 2.24) is 9.88 Å². The monoisotopic (exact) mass is 661 g/mol. The second-order valence-corrected chi connectivity index (χ2v) is 14.4. The van der Waals surface area contributed by atoms with Gasteiger partial charge in [-0.3, -0.25) is 9.59 Å². The number of aromatic nitrogens is 1. The lowest BCUT2D eigenvalue weighted by Gasteiger charge is -2.49. The van der Waals surface area contributed by atoms with E-state index in [2.05, 4.69) is 4.98 Å². The molecule has 1 aromatic heterocycles. The Labute approximate surface area is 264 Å². The summed E-state index contributed by atoms with van der Waals surface area (Å²) in [4.78, 5) is 31.9. The molecule has 44 heavy (non-hydrogen) atoms. The summed E-state index contributed by atoms with van der Waals surface area (Å²) in [7, 11) is -4.02. The van der Waals surface area contributed by atoms with Crippen LogP contribution in [0.25, 0.3) is 0 Å². The summed E-state index contributed by atoms with van der Waals surface area (Å²) in [6.07, 6.45) is 0.807. The Hall–Kier alpha value is -3.25. The number of nitrogens with zero attached hydrogens (tertiary/aromatic N) is 3. The molecule has 1 N–H and O–H groups in total. The molecule has 1 aliphatic heterocycles. The van der Waals surface area contributed by atoms with Gasteiger partial charge in [-0.25, -0.2) is 22.1 Å². The normalized spacial score (nSPS) is 22.9. The summed E-state index contributed by atoms with van der Waals surface area (Å²) in [5.41, 5.74) is 1.26. The lowest BCUT2D eigenvalue weighted by atomic mass is 9.89. The zero-order chi connectivity index (χ0) is 31.2. The summed E-state index contributed by atoms with van der Waals surface area (Å²) < 4.78 is 50.1. The highest BCUT2D eigenvalue weighted by atomic mass is 35.5. The molecule has 1 amide bonds. The third-order valence-corrected chi connectivity index (χ3v) is 11.0. The Balaban J connectivity index is 1.51. The van der Waals surface area contributed by atoms with Gasteiger partial charge in [-0.05, 0) is 79.1 Å². The number of rotatable bonds is 11. The first-order chi connectivity index (χ1) is 21.0. The molecule has 3 aromatic rings. The molecule has 2 aliphatic carbocycles. The van der Waals surface area contributed by atoms with Gasteiger partial charge in [-0.1, -0.05) is 47.5 Å². The molecule has 13 heteroatoms. The van der Waals surface area contributed by atoms with E-state index in [9.17, 15) is 23.1 Å². The molecule has 2 saturated carbocycles. The molecule has 0 spiro atoms. The van der Waals surface area contributed by atoms with Gasteiger partial charge in [-0.15, -0.1) is 0 Å². The minimum Gasteiger partial charge on any atom is -0.481 e. The topological polar surface area (TPSA) is 117 Å². The maximum absolute atomic E-state index is 15.2. The van der Waals surface area contributed by atoms with Crippen molar-refractivity contribution in [3.63, 3.8) is 0 Å². The smallest absolute Gasteiger partial charge is 0.306 e. The fraction of sp³-hybridized carbons (Fsp3) is 0.387. The van der Waals surface area contributed by atoms with Crippen LogP contribution in [0.5, 0.6) is 0 Å². The Kier molecular flexibility index (Phi) is 8.58. The van der Waals surface area contributed by atoms with Crippen molar-refractivity contribution in [2.45, 2.75) is 61.6 Å². The van der Waals surface area contributed by atoms with E-state index in [1.165, 1.54) is 12.3 Å². The zero-order valence-electron chi connectivity index (χ0n) is 23.4. The molecule has 6 rings (SSSR count). The van der Waals surface area contributed by atoms with Gasteiger partial charge in [0.15, 0.2) is 11.6 Å². The van der Waals surface area contributed by atoms with E-state index >= 15 is 4.39 Å². The molecular weight excluding hydrogens is 632 g/mol. The minimum atomic E-state index is -4.02. The van der Waals surface area contributed by atoms with Crippen LogP contribution in [-0.2, 0) is 24.3 Å². The van der Waals surface area contributed by atoms with Crippen molar-refractivity contribution < 1.29 is 32.2 Å².